The number of benzene rings is 3. The van der Waals surface area contributed by atoms with Gasteiger partial charge in [-0.3, -0.25) is 9.59 Å². The average molecular weight is 600 g/mol. The Morgan fingerprint density at radius 3 is 1.33 bits per heavy atom. The van der Waals surface area contributed by atoms with Crippen molar-refractivity contribution in [3.8, 4) is 0 Å². The summed E-state index contributed by atoms with van der Waals surface area (Å²) in [6, 6.07) is 33.4. The third kappa shape index (κ3) is 7.92. The first-order valence-electron chi connectivity index (χ1n) is 15.2. The van der Waals surface area contributed by atoms with Crippen molar-refractivity contribution >= 4 is 34.7 Å². The van der Waals surface area contributed by atoms with Crippen LogP contribution in [0.5, 0.6) is 0 Å². The Labute approximate surface area is 259 Å². The Hall–Kier alpha value is -3.49. The topological polar surface area (TPSA) is 52.6 Å². The summed E-state index contributed by atoms with van der Waals surface area (Å²) in [6.07, 6.45) is 10.9. The average Bonchev–Trinajstić information content (AvgIpc) is 3.04. The SMILES string of the molecule is C.COC1=C(OC)C(=O)C(CCCCCCCCCC[P+](c2ccccc2)(c2ccccc2)c2ccccc2)=C(C)C1=O. The summed E-state index contributed by atoms with van der Waals surface area (Å²) < 4.78 is 10.3. The number of hydrogen-bond acceptors (Lipinski definition) is 4. The lowest BCUT2D eigenvalue weighted by Crippen LogP contribution is -2.33. The van der Waals surface area contributed by atoms with Crippen LogP contribution in [0.3, 0.4) is 0 Å². The number of ether oxygens (including phenoxy) is 2. The maximum absolute atomic E-state index is 12.8. The molecule has 0 spiro atoms. The zero-order chi connectivity index (χ0) is 29.8. The number of allylic oxidation sites excluding steroid dienone is 2. The Morgan fingerprint density at radius 1 is 0.535 bits per heavy atom. The molecule has 0 saturated heterocycles. The predicted octanol–water partition coefficient (Wildman–Crippen LogP) is 8.10. The van der Waals surface area contributed by atoms with E-state index in [0.29, 0.717) is 17.6 Å². The monoisotopic (exact) mass is 599 g/mol. The van der Waals surface area contributed by atoms with Crippen molar-refractivity contribution < 1.29 is 19.1 Å². The Balaban J connectivity index is 0.00000506. The molecule has 0 fully saturated rings. The molecule has 0 unspecified atom stereocenters. The first-order valence-corrected chi connectivity index (χ1v) is 17.2. The van der Waals surface area contributed by atoms with Gasteiger partial charge in [-0.2, -0.15) is 0 Å². The van der Waals surface area contributed by atoms with Crippen LogP contribution < -0.4 is 15.9 Å². The molecule has 3 aromatic rings. The van der Waals surface area contributed by atoms with Gasteiger partial charge in [0.1, 0.15) is 23.2 Å². The lowest BCUT2D eigenvalue weighted by molar-refractivity contribution is -0.121. The summed E-state index contributed by atoms with van der Waals surface area (Å²) >= 11 is 0. The maximum Gasteiger partial charge on any atom is 0.228 e. The summed E-state index contributed by atoms with van der Waals surface area (Å²) in [5, 5.41) is 4.37. The number of ketones is 2. The molecule has 0 heterocycles. The van der Waals surface area contributed by atoms with Gasteiger partial charge >= 0.3 is 0 Å². The van der Waals surface area contributed by atoms with Crippen LogP contribution in [0.2, 0.25) is 0 Å². The van der Waals surface area contributed by atoms with Gasteiger partial charge in [0.05, 0.1) is 20.4 Å². The summed E-state index contributed by atoms with van der Waals surface area (Å²) in [7, 11) is 1.06. The smallest absolute Gasteiger partial charge is 0.228 e. The third-order valence-electron chi connectivity index (χ3n) is 8.36. The number of methoxy groups -OCH3 is 2. The predicted molar refractivity (Wildman–Crippen MR) is 182 cm³/mol. The third-order valence-corrected chi connectivity index (χ3v) is 12.9. The Morgan fingerprint density at radius 2 is 0.907 bits per heavy atom. The first kappa shape index (κ1) is 34.0. The molecule has 0 saturated carbocycles. The van der Waals surface area contributed by atoms with Crippen molar-refractivity contribution in [2.24, 2.45) is 0 Å². The lowest BCUT2D eigenvalue weighted by atomic mass is 9.89. The quantitative estimate of drug-likeness (QED) is 0.0949. The minimum Gasteiger partial charge on any atom is -0.489 e. The molecule has 1 aliphatic rings. The zero-order valence-electron chi connectivity index (χ0n) is 25.3. The molecule has 3 aromatic carbocycles. The van der Waals surface area contributed by atoms with E-state index in [1.165, 1.54) is 68.4 Å². The molecule has 1 aliphatic carbocycles. The van der Waals surface area contributed by atoms with Crippen molar-refractivity contribution in [2.75, 3.05) is 20.4 Å². The number of carbonyl (C=O) groups excluding carboxylic acids is 2. The molecular formula is C38H48O4P+. The van der Waals surface area contributed by atoms with Crippen LogP contribution in [0, 0.1) is 0 Å². The fourth-order valence-electron chi connectivity index (χ4n) is 6.09. The molecule has 0 atom stereocenters. The second-order valence-electron chi connectivity index (χ2n) is 10.9. The molecule has 4 nitrogen and oxygen atoms in total. The fraction of sp³-hybridized carbons (Fsp3) is 0.368. The number of rotatable bonds is 16. The second kappa shape index (κ2) is 17.0. The van der Waals surface area contributed by atoms with Gasteiger partial charge in [0.25, 0.3) is 0 Å². The van der Waals surface area contributed by atoms with E-state index in [4.69, 9.17) is 9.47 Å². The highest BCUT2D eigenvalue weighted by Gasteiger charge is 2.44. The van der Waals surface area contributed by atoms with Gasteiger partial charge in [-0.15, -0.1) is 0 Å². The van der Waals surface area contributed by atoms with Crippen molar-refractivity contribution in [2.45, 2.75) is 72.1 Å². The van der Waals surface area contributed by atoms with Crippen LogP contribution in [0.25, 0.3) is 0 Å². The second-order valence-corrected chi connectivity index (χ2v) is 14.6. The van der Waals surface area contributed by atoms with E-state index in [1.54, 1.807) is 6.92 Å². The molecule has 0 bridgehead atoms. The minimum atomic E-state index is -1.74. The molecule has 43 heavy (non-hydrogen) atoms. The lowest BCUT2D eigenvalue weighted by Gasteiger charge is -2.27. The summed E-state index contributed by atoms with van der Waals surface area (Å²) in [6.45, 7) is 1.71. The van der Waals surface area contributed by atoms with E-state index >= 15 is 0 Å². The standard InChI is InChI=1S/C37H44O4P.CH4/c1-29-33(35(39)37(41-3)36(40-2)34(29)38)27-19-8-6-4-5-7-9-20-28-42(30-21-13-10-14-22-30,31-23-15-11-16-24-31)32-25-17-12-18-26-32;/h10-18,21-26H,4-9,19-20,27-28H2,1-3H3;1H4/q+1;. The largest absolute Gasteiger partial charge is 0.489 e. The number of hydrogen-bond donors (Lipinski definition) is 0. The maximum atomic E-state index is 12.8. The van der Waals surface area contributed by atoms with E-state index in [-0.39, 0.29) is 30.5 Å². The van der Waals surface area contributed by atoms with Crippen molar-refractivity contribution in [1.82, 2.24) is 0 Å². The Kier molecular flexibility index (Phi) is 13.4. The number of carbonyl (C=O) groups is 2. The van der Waals surface area contributed by atoms with Crippen LogP contribution in [-0.2, 0) is 19.1 Å². The zero-order valence-corrected chi connectivity index (χ0v) is 26.2. The molecule has 228 valence electrons. The van der Waals surface area contributed by atoms with Crippen LogP contribution >= 0.6 is 7.26 Å². The number of unbranched alkanes of at least 4 members (excludes halogenated alkanes) is 7. The molecule has 0 aliphatic heterocycles. The highest BCUT2D eigenvalue weighted by Crippen LogP contribution is 2.56. The van der Waals surface area contributed by atoms with E-state index in [2.05, 4.69) is 91.0 Å². The summed E-state index contributed by atoms with van der Waals surface area (Å²) in [5.74, 6) is -0.421. The molecule has 4 rings (SSSR count). The summed E-state index contributed by atoms with van der Waals surface area (Å²) in [5.41, 5.74) is 1.05. The fourth-order valence-corrected chi connectivity index (χ4v) is 10.5. The van der Waals surface area contributed by atoms with Crippen molar-refractivity contribution in [3.63, 3.8) is 0 Å². The summed E-state index contributed by atoms with van der Waals surface area (Å²) in [4.78, 5) is 25.4. The van der Waals surface area contributed by atoms with Gasteiger partial charge in [-0.25, -0.2) is 0 Å². The normalized spacial score (nSPS) is 13.7. The number of Topliss-reactive ketones (excluding diaryl/α,β-unsaturated/α-hetero) is 2. The van der Waals surface area contributed by atoms with Crippen LogP contribution in [0.15, 0.2) is 114 Å². The molecular weight excluding hydrogens is 551 g/mol. The Bertz CT molecular complexity index is 1280. The van der Waals surface area contributed by atoms with Crippen molar-refractivity contribution in [3.05, 3.63) is 114 Å². The van der Waals surface area contributed by atoms with E-state index in [1.807, 2.05) is 0 Å². The van der Waals surface area contributed by atoms with Gasteiger partial charge in [0.2, 0.25) is 23.1 Å². The van der Waals surface area contributed by atoms with Gasteiger partial charge in [0.15, 0.2) is 0 Å². The first-order chi connectivity index (χ1) is 20.5. The van der Waals surface area contributed by atoms with Gasteiger partial charge in [0, 0.05) is 11.1 Å². The van der Waals surface area contributed by atoms with Crippen LogP contribution in [0.1, 0.15) is 72.1 Å². The molecule has 0 aromatic heterocycles. The molecule has 0 N–H and O–H groups in total. The minimum absolute atomic E-state index is 0. The van der Waals surface area contributed by atoms with Crippen molar-refractivity contribution in [1.29, 1.82) is 0 Å². The molecule has 0 amide bonds. The molecule has 5 heteroatoms. The van der Waals surface area contributed by atoms with Crippen LogP contribution in [-0.4, -0.2) is 31.9 Å². The van der Waals surface area contributed by atoms with Gasteiger partial charge < -0.3 is 9.47 Å². The van der Waals surface area contributed by atoms with Crippen LogP contribution in [0.4, 0.5) is 0 Å². The molecule has 0 radical (unpaired) electrons. The van der Waals surface area contributed by atoms with E-state index < -0.39 is 7.26 Å². The van der Waals surface area contributed by atoms with Gasteiger partial charge in [-0.1, -0.05) is 94.1 Å². The van der Waals surface area contributed by atoms with E-state index in [9.17, 15) is 9.59 Å². The van der Waals surface area contributed by atoms with E-state index in [0.717, 1.165) is 19.3 Å². The highest BCUT2D eigenvalue weighted by molar-refractivity contribution is 7.95. The highest BCUT2D eigenvalue weighted by atomic mass is 31.2. The van der Waals surface area contributed by atoms with Gasteiger partial charge in [-0.05, 0) is 69.0 Å².